The van der Waals surface area contributed by atoms with Crippen molar-refractivity contribution in [3.05, 3.63) is 75.8 Å². The van der Waals surface area contributed by atoms with Crippen LogP contribution in [-0.2, 0) is 6.54 Å². The van der Waals surface area contributed by atoms with Gasteiger partial charge >= 0.3 is 0 Å². The Morgan fingerprint density at radius 3 is 2.62 bits per heavy atom. The number of rotatable bonds is 5. The maximum atomic E-state index is 13.6. The van der Waals surface area contributed by atoms with E-state index in [0.717, 1.165) is 5.56 Å². The molecule has 0 fully saturated rings. The van der Waals surface area contributed by atoms with E-state index in [-0.39, 0.29) is 29.9 Å². The normalized spacial score (nSPS) is 10.6. The number of thiophene rings is 1. The SMILES string of the molecule is Cc1ccc(CNC(=O)c2sc(NC(=O)c3ccco3)cc2C)cc1F. The molecule has 3 rings (SSSR count). The molecule has 2 amide bonds. The fraction of sp³-hybridized carbons (Fsp3) is 0.158. The Bertz CT molecular complexity index is 948. The van der Waals surface area contributed by atoms with Crippen LogP contribution in [0.25, 0.3) is 0 Å². The van der Waals surface area contributed by atoms with Gasteiger partial charge in [-0.1, -0.05) is 12.1 Å². The molecule has 0 atom stereocenters. The number of carbonyl (C=O) groups excluding carboxylic acids is 2. The molecule has 0 radical (unpaired) electrons. The van der Waals surface area contributed by atoms with E-state index in [9.17, 15) is 14.0 Å². The van der Waals surface area contributed by atoms with Gasteiger partial charge in [0.1, 0.15) is 5.82 Å². The third kappa shape index (κ3) is 4.00. The molecule has 0 unspecified atom stereocenters. The van der Waals surface area contributed by atoms with E-state index in [4.69, 9.17) is 4.42 Å². The Labute approximate surface area is 153 Å². The lowest BCUT2D eigenvalue weighted by molar-refractivity contribution is 0.0953. The van der Waals surface area contributed by atoms with Crippen LogP contribution in [0.3, 0.4) is 0 Å². The summed E-state index contributed by atoms with van der Waals surface area (Å²) in [4.78, 5) is 24.9. The van der Waals surface area contributed by atoms with Gasteiger partial charge in [0.15, 0.2) is 5.76 Å². The second kappa shape index (κ2) is 7.53. The maximum absolute atomic E-state index is 13.6. The van der Waals surface area contributed by atoms with Crippen molar-refractivity contribution in [1.82, 2.24) is 5.32 Å². The number of halogens is 1. The zero-order chi connectivity index (χ0) is 18.7. The molecule has 0 saturated carbocycles. The van der Waals surface area contributed by atoms with Crippen LogP contribution in [0.1, 0.15) is 36.9 Å². The predicted octanol–water partition coefficient (Wildman–Crippen LogP) is 4.28. The lowest BCUT2D eigenvalue weighted by Gasteiger charge is -2.06. The topological polar surface area (TPSA) is 71.3 Å². The summed E-state index contributed by atoms with van der Waals surface area (Å²) in [5.41, 5.74) is 1.99. The quantitative estimate of drug-likeness (QED) is 0.702. The molecular formula is C19H17FN2O3S. The molecule has 1 aromatic carbocycles. The minimum Gasteiger partial charge on any atom is -0.459 e. The fourth-order valence-corrected chi connectivity index (χ4v) is 3.34. The Kier molecular flexibility index (Phi) is 5.18. The Balaban J connectivity index is 1.65. The highest BCUT2D eigenvalue weighted by Crippen LogP contribution is 2.27. The van der Waals surface area contributed by atoms with Crippen LogP contribution < -0.4 is 10.6 Å². The van der Waals surface area contributed by atoms with E-state index >= 15 is 0 Å². The predicted molar refractivity (Wildman–Crippen MR) is 98.0 cm³/mol. The van der Waals surface area contributed by atoms with E-state index < -0.39 is 0 Å². The molecular weight excluding hydrogens is 355 g/mol. The summed E-state index contributed by atoms with van der Waals surface area (Å²) in [6.45, 7) is 3.70. The second-order valence-corrected chi connectivity index (χ2v) is 6.87. The number of aryl methyl sites for hydroxylation is 2. The Morgan fingerprint density at radius 1 is 1.12 bits per heavy atom. The third-order valence-electron chi connectivity index (χ3n) is 3.80. The highest BCUT2D eigenvalue weighted by atomic mass is 32.1. The van der Waals surface area contributed by atoms with Crippen molar-refractivity contribution in [3.63, 3.8) is 0 Å². The van der Waals surface area contributed by atoms with Crippen molar-refractivity contribution in [2.45, 2.75) is 20.4 Å². The van der Waals surface area contributed by atoms with Crippen molar-refractivity contribution >= 4 is 28.2 Å². The highest BCUT2D eigenvalue weighted by Gasteiger charge is 2.16. The van der Waals surface area contributed by atoms with Gasteiger partial charge in [0, 0.05) is 6.54 Å². The van der Waals surface area contributed by atoms with Gasteiger partial charge in [-0.05, 0) is 54.8 Å². The van der Waals surface area contributed by atoms with Crippen LogP contribution in [0.15, 0.2) is 47.1 Å². The Morgan fingerprint density at radius 2 is 1.92 bits per heavy atom. The average molecular weight is 372 g/mol. The van der Waals surface area contributed by atoms with Gasteiger partial charge < -0.3 is 15.1 Å². The van der Waals surface area contributed by atoms with Crippen LogP contribution in [0.5, 0.6) is 0 Å². The van der Waals surface area contributed by atoms with Crippen LogP contribution >= 0.6 is 11.3 Å². The van der Waals surface area contributed by atoms with Crippen molar-refractivity contribution in [2.75, 3.05) is 5.32 Å². The van der Waals surface area contributed by atoms with Gasteiger partial charge in [-0.2, -0.15) is 0 Å². The molecule has 134 valence electrons. The van der Waals surface area contributed by atoms with Crippen LogP contribution in [0, 0.1) is 19.7 Å². The number of carbonyl (C=O) groups is 2. The molecule has 0 aliphatic carbocycles. The molecule has 2 N–H and O–H groups in total. The monoisotopic (exact) mass is 372 g/mol. The number of hydrogen-bond acceptors (Lipinski definition) is 4. The lowest BCUT2D eigenvalue weighted by Crippen LogP contribution is -2.22. The first-order chi connectivity index (χ1) is 12.4. The first kappa shape index (κ1) is 17.9. The van der Waals surface area contributed by atoms with E-state index in [1.54, 1.807) is 44.2 Å². The van der Waals surface area contributed by atoms with Gasteiger partial charge in [-0.25, -0.2) is 4.39 Å². The molecule has 5 nitrogen and oxygen atoms in total. The molecule has 7 heteroatoms. The number of furan rings is 1. The smallest absolute Gasteiger partial charge is 0.291 e. The van der Waals surface area contributed by atoms with E-state index in [1.807, 2.05) is 0 Å². The van der Waals surface area contributed by atoms with E-state index in [2.05, 4.69) is 10.6 Å². The van der Waals surface area contributed by atoms with Crippen molar-refractivity contribution in [3.8, 4) is 0 Å². The molecule has 26 heavy (non-hydrogen) atoms. The molecule has 0 aliphatic heterocycles. The minimum absolute atomic E-state index is 0.198. The summed E-state index contributed by atoms with van der Waals surface area (Å²) in [5, 5.41) is 6.03. The molecule has 0 spiro atoms. The number of hydrogen-bond donors (Lipinski definition) is 2. The van der Waals surface area contributed by atoms with Crippen molar-refractivity contribution in [1.29, 1.82) is 0 Å². The van der Waals surface area contributed by atoms with Crippen LogP contribution in [0.4, 0.5) is 9.39 Å². The van der Waals surface area contributed by atoms with Gasteiger partial charge in [0.2, 0.25) is 0 Å². The first-order valence-electron chi connectivity index (χ1n) is 7.92. The molecule has 2 heterocycles. The van der Waals surface area contributed by atoms with Crippen LogP contribution in [-0.4, -0.2) is 11.8 Å². The minimum atomic E-state index is -0.377. The van der Waals surface area contributed by atoms with E-state index in [0.29, 0.717) is 21.0 Å². The molecule has 0 saturated heterocycles. The summed E-state index contributed by atoms with van der Waals surface area (Å²) >= 11 is 1.17. The van der Waals surface area contributed by atoms with Crippen LogP contribution in [0.2, 0.25) is 0 Å². The van der Waals surface area contributed by atoms with Crippen molar-refractivity contribution < 1.29 is 18.4 Å². The summed E-state index contributed by atoms with van der Waals surface area (Å²) in [5.74, 6) is -0.749. The summed E-state index contributed by atoms with van der Waals surface area (Å²) in [7, 11) is 0. The summed E-state index contributed by atoms with van der Waals surface area (Å²) in [6, 6.07) is 9.77. The largest absolute Gasteiger partial charge is 0.459 e. The lowest BCUT2D eigenvalue weighted by atomic mass is 10.1. The molecule has 3 aromatic rings. The fourth-order valence-electron chi connectivity index (χ4n) is 2.36. The summed E-state index contributed by atoms with van der Waals surface area (Å²) < 4.78 is 18.6. The molecule has 2 aromatic heterocycles. The van der Waals surface area contributed by atoms with Crippen molar-refractivity contribution in [2.24, 2.45) is 0 Å². The zero-order valence-electron chi connectivity index (χ0n) is 14.3. The second-order valence-electron chi connectivity index (χ2n) is 5.82. The van der Waals surface area contributed by atoms with E-state index in [1.165, 1.54) is 23.7 Å². The third-order valence-corrected chi connectivity index (χ3v) is 4.95. The highest BCUT2D eigenvalue weighted by molar-refractivity contribution is 7.18. The number of anilines is 1. The molecule has 0 bridgehead atoms. The van der Waals surface area contributed by atoms with Gasteiger partial charge in [-0.3, -0.25) is 9.59 Å². The summed E-state index contributed by atoms with van der Waals surface area (Å²) in [6.07, 6.45) is 1.42. The first-order valence-corrected chi connectivity index (χ1v) is 8.74. The number of benzene rings is 1. The Hall–Kier alpha value is -2.93. The maximum Gasteiger partial charge on any atom is 0.291 e. The van der Waals surface area contributed by atoms with Gasteiger partial charge in [0.05, 0.1) is 16.1 Å². The molecule has 0 aliphatic rings. The number of amides is 2. The standard InChI is InChI=1S/C19H17FN2O3S/c1-11-5-6-13(9-14(11)20)10-21-19(24)17-12(2)8-16(26-17)22-18(23)15-4-3-7-25-15/h3-9H,10H2,1-2H3,(H,21,24)(H,22,23). The van der Waals surface area contributed by atoms with Gasteiger partial charge in [-0.15, -0.1) is 11.3 Å². The average Bonchev–Trinajstić information content (AvgIpc) is 3.25. The van der Waals surface area contributed by atoms with Gasteiger partial charge in [0.25, 0.3) is 11.8 Å². The number of nitrogens with one attached hydrogen (secondary N) is 2. The zero-order valence-corrected chi connectivity index (χ0v) is 15.1.